The monoisotopic (exact) mass is 435 g/mol. The van der Waals surface area contributed by atoms with Gasteiger partial charge in [0, 0.05) is 20.7 Å². The normalized spacial score (nSPS) is 34.7. The van der Waals surface area contributed by atoms with Gasteiger partial charge in [0.15, 0.2) is 5.60 Å². The number of H-pyrrole nitrogens is 1. The highest BCUT2D eigenvalue weighted by Gasteiger charge is 2.53. The van der Waals surface area contributed by atoms with Crippen LogP contribution in [0.1, 0.15) is 6.92 Å². The highest BCUT2D eigenvalue weighted by molar-refractivity contribution is 14.1. The summed E-state index contributed by atoms with van der Waals surface area (Å²) in [4.78, 5) is 3.05. The molecule has 126 valence electrons. The Balaban J connectivity index is 1.92. The minimum Gasteiger partial charge on any atom is -0.459 e. The van der Waals surface area contributed by atoms with Crippen molar-refractivity contribution in [2.24, 2.45) is 0 Å². The Morgan fingerprint density at radius 1 is 1.39 bits per heavy atom. The van der Waals surface area contributed by atoms with Gasteiger partial charge in [0.1, 0.15) is 24.1 Å². The molecular weight excluding hydrogens is 417 g/mol. The van der Waals surface area contributed by atoms with E-state index in [1.807, 2.05) is 18.2 Å². The Labute approximate surface area is 146 Å². The van der Waals surface area contributed by atoms with E-state index in [0.29, 0.717) is 5.75 Å². The molecule has 0 spiro atoms. The van der Waals surface area contributed by atoms with Crippen LogP contribution in [0, 0.1) is 3.57 Å². The van der Waals surface area contributed by atoms with Gasteiger partial charge in [0.2, 0.25) is 6.29 Å². The van der Waals surface area contributed by atoms with Crippen LogP contribution in [0.25, 0.3) is 10.9 Å². The Bertz CT molecular complexity index is 702. The number of rotatable bonds is 3. The Kier molecular flexibility index (Phi) is 4.55. The first-order chi connectivity index (χ1) is 10.8. The fraction of sp³-hybridized carbons (Fsp3) is 0.467. The molecule has 5 N–H and O–H groups in total. The van der Waals surface area contributed by atoms with Crippen LogP contribution >= 0.6 is 22.6 Å². The van der Waals surface area contributed by atoms with Gasteiger partial charge in [0.25, 0.3) is 0 Å². The fourth-order valence-electron chi connectivity index (χ4n) is 2.64. The summed E-state index contributed by atoms with van der Waals surface area (Å²) in [6.45, 7) is 0.817. The van der Waals surface area contributed by atoms with E-state index >= 15 is 0 Å². The minimum absolute atomic E-state index is 0.448. The van der Waals surface area contributed by atoms with Gasteiger partial charge in [-0.3, -0.25) is 0 Å². The summed E-state index contributed by atoms with van der Waals surface area (Å²) >= 11 is 2.18. The maximum Gasteiger partial charge on any atom is 0.231 e. The molecule has 7 nitrogen and oxygen atoms in total. The predicted molar refractivity (Wildman–Crippen MR) is 90.0 cm³/mol. The number of nitrogens with one attached hydrogen (secondary N) is 1. The summed E-state index contributed by atoms with van der Waals surface area (Å²) in [7, 11) is 0. The van der Waals surface area contributed by atoms with E-state index in [1.165, 1.54) is 6.92 Å². The van der Waals surface area contributed by atoms with Gasteiger partial charge in [-0.1, -0.05) is 0 Å². The number of fused-ring (bicyclic) bond motifs is 1. The fourth-order valence-corrected chi connectivity index (χ4v) is 3.13. The van der Waals surface area contributed by atoms with Crippen molar-refractivity contribution in [2.75, 3.05) is 6.61 Å². The lowest BCUT2D eigenvalue weighted by molar-refractivity contribution is -0.314. The van der Waals surface area contributed by atoms with Crippen molar-refractivity contribution in [1.82, 2.24) is 4.98 Å². The Hall–Kier alpha value is -0.910. The van der Waals surface area contributed by atoms with Crippen molar-refractivity contribution in [2.45, 2.75) is 37.1 Å². The first kappa shape index (κ1) is 16.9. The third kappa shape index (κ3) is 2.94. The van der Waals surface area contributed by atoms with E-state index in [2.05, 4.69) is 27.6 Å². The molecule has 1 aromatic heterocycles. The van der Waals surface area contributed by atoms with Gasteiger partial charge < -0.3 is 34.9 Å². The first-order valence-corrected chi connectivity index (χ1v) is 8.20. The van der Waals surface area contributed by atoms with Crippen LogP contribution < -0.4 is 4.74 Å². The first-order valence-electron chi connectivity index (χ1n) is 7.12. The van der Waals surface area contributed by atoms with E-state index in [1.54, 1.807) is 6.20 Å². The Morgan fingerprint density at radius 2 is 2.13 bits per heavy atom. The van der Waals surface area contributed by atoms with E-state index in [0.717, 1.165) is 14.5 Å². The highest BCUT2D eigenvalue weighted by Crippen LogP contribution is 2.34. The molecule has 2 heterocycles. The minimum atomic E-state index is -1.84. The van der Waals surface area contributed by atoms with Crippen LogP contribution in [0.2, 0.25) is 0 Å². The Morgan fingerprint density at radius 3 is 2.83 bits per heavy atom. The number of aromatic amines is 1. The number of halogens is 1. The smallest absolute Gasteiger partial charge is 0.231 e. The van der Waals surface area contributed by atoms with Crippen molar-refractivity contribution >= 4 is 33.5 Å². The molecule has 0 saturated carbocycles. The number of ether oxygens (including phenoxy) is 2. The van der Waals surface area contributed by atoms with Crippen molar-refractivity contribution in [3.63, 3.8) is 0 Å². The SMILES string of the molecule is C[C@]1(O)[C@H](Oc2c[nH]c3ccc(I)cc23)O[C@@H](CO)[C@H](O)[C@H]1O. The number of benzene rings is 1. The zero-order valence-corrected chi connectivity index (χ0v) is 14.5. The van der Waals surface area contributed by atoms with Crippen LogP contribution in [0.5, 0.6) is 5.75 Å². The van der Waals surface area contributed by atoms with Gasteiger partial charge in [-0.15, -0.1) is 0 Å². The van der Waals surface area contributed by atoms with Crippen LogP contribution in [0.3, 0.4) is 0 Å². The summed E-state index contributed by atoms with van der Waals surface area (Å²) in [6.07, 6.45) is -3.57. The third-order valence-corrected chi connectivity index (χ3v) is 4.77. The van der Waals surface area contributed by atoms with Gasteiger partial charge >= 0.3 is 0 Å². The maximum atomic E-state index is 10.5. The molecule has 3 rings (SSSR count). The number of aliphatic hydroxyl groups excluding tert-OH is 3. The molecule has 2 aromatic rings. The maximum absolute atomic E-state index is 10.5. The molecule has 0 aliphatic carbocycles. The molecule has 5 atom stereocenters. The second-order valence-electron chi connectivity index (χ2n) is 5.81. The zero-order chi connectivity index (χ0) is 16.8. The zero-order valence-electron chi connectivity index (χ0n) is 12.3. The van der Waals surface area contributed by atoms with Crippen LogP contribution in [0.15, 0.2) is 24.4 Å². The van der Waals surface area contributed by atoms with Crippen molar-refractivity contribution in [3.05, 3.63) is 28.0 Å². The summed E-state index contributed by atoms with van der Waals surface area (Å²) in [5.74, 6) is 0.448. The quantitative estimate of drug-likeness (QED) is 0.445. The average molecular weight is 435 g/mol. The summed E-state index contributed by atoms with van der Waals surface area (Å²) in [5, 5.41) is 40.5. The largest absolute Gasteiger partial charge is 0.459 e. The second kappa shape index (κ2) is 6.19. The molecule has 1 aliphatic rings. The summed E-state index contributed by atoms with van der Waals surface area (Å²) in [6, 6.07) is 5.76. The number of aliphatic hydroxyl groups is 4. The van der Waals surface area contributed by atoms with Crippen LogP contribution in [-0.2, 0) is 4.74 Å². The lowest BCUT2D eigenvalue weighted by Crippen LogP contribution is -2.66. The highest BCUT2D eigenvalue weighted by atomic mass is 127. The van der Waals surface area contributed by atoms with Crippen LogP contribution in [-0.4, -0.2) is 62.2 Å². The van der Waals surface area contributed by atoms with Crippen LogP contribution in [0.4, 0.5) is 0 Å². The van der Waals surface area contributed by atoms with E-state index in [-0.39, 0.29) is 0 Å². The molecule has 1 fully saturated rings. The molecule has 1 aliphatic heterocycles. The molecule has 23 heavy (non-hydrogen) atoms. The van der Waals surface area contributed by atoms with Gasteiger partial charge in [-0.25, -0.2) is 0 Å². The van der Waals surface area contributed by atoms with Crippen molar-refractivity contribution < 1.29 is 29.9 Å². The topological polar surface area (TPSA) is 115 Å². The second-order valence-corrected chi connectivity index (χ2v) is 7.06. The molecular formula is C15H18INO6. The number of aromatic nitrogens is 1. The van der Waals surface area contributed by atoms with Gasteiger partial charge in [-0.2, -0.15) is 0 Å². The molecule has 1 aromatic carbocycles. The lowest BCUT2D eigenvalue weighted by atomic mass is 9.88. The molecule has 8 heteroatoms. The molecule has 0 radical (unpaired) electrons. The summed E-state index contributed by atoms with van der Waals surface area (Å²) in [5.41, 5.74) is -0.980. The van der Waals surface area contributed by atoms with E-state index in [4.69, 9.17) is 9.47 Å². The molecule has 1 saturated heterocycles. The molecule has 0 amide bonds. The predicted octanol–water partition coefficient (Wildman–Crippen LogP) is 0.341. The number of hydrogen-bond donors (Lipinski definition) is 5. The molecule has 0 bridgehead atoms. The third-order valence-electron chi connectivity index (χ3n) is 4.10. The van der Waals surface area contributed by atoms with Gasteiger partial charge in [-0.05, 0) is 47.7 Å². The van der Waals surface area contributed by atoms with E-state index in [9.17, 15) is 20.4 Å². The average Bonchev–Trinajstić information content (AvgIpc) is 2.90. The standard InChI is InChI=1S/C15H18INO6/c1-15(21)13(20)12(19)11(6-18)23-14(15)22-10-5-17-9-3-2-7(16)4-8(9)10/h2-5,11-14,17-21H,6H2,1H3/t11-,12-,13+,14+,15+/m0/s1. The number of hydrogen-bond acceptors (Lipinski definition) is 6. The van der Waals surface area contributed by atoms with Crippen molar-refractivity contribution in [1.29, 1.82) is 0 Å². The van der Waals surface area contributed by atoms with Crippen molar-refractivity contribution in [3.8, 4) is 5.75 Å². The summed E-state index contributed by atoms with van der Waals surface area (Å²) < 4.78 is 12.2. The van der Waals surface area contributed by atoms with Gasteiger partial charge in [0.05, 0.1) is 6.61 Å². The van der Waals surface area contributed by atoms with E-state index < -0.39 is 36.8 Å². The molecule has 0 unspecified atom stereocenters. The lowest BCUT2D eigenvalue weighted by Gasteiger charge is -2.45.